The van der Waals surface area contributed by atoms with Gasteiger partial charge in [-0.2, -0.15) is 0 Å². The summed E-state index contributed by atoms with van der Waals surface area (Å²) in [5.41, 5.74) is 1.18. The number of amides is 4. The molecule has 2 aliphatic rings. The average molecular weight is 630 g/mol. The molecule has 5 rings (SSSR count). The topological polar surface area (TPSA) is 159 Å². The molecule has 14 heteroatoms. The fourth-order valence-corrected chi connectivity index (χ4v) is 6.07. The van der Waals surface area contributed by atoms with Crippen LogP contribution < -0.4 is 21.3 Å². The maximum atomic E-state index is 13.3. The molecule has 3 atom stereocenters. The number of fused-ring (bicyclic) bond motifs is 4. The van der Waals surface area contributed by atoms with E-state index in [-0.39, 0.29) is 73.1 Å². The standard InChI is InChI=1S/C29H35N7O5S.ClH/c1-17(2)24-28-34-22(16-42-28)26(39)32-20(13-18-7-4-3-5-8-18)27-33-21(15-41-27)25(38)31-11-12-36(14-23(37)35-24)29(40)19-9-6-10-30-19;/h3-5,7-8,15-17,19-20,24,30H,6,9-14H2,1-2H3,(H,31,38)(H,32,39)(H,35,37);1H/t19-,20-,24-;/m0./s1. The van der Waals surface area contributed by atoms with Gasteiger partial charge >= 0.3 is 0 Å². The minimum Gasteiger partial charge on any atom is -0.446 e. The van der Waals surface area contributed by atoms with E-state index in [2.05, 4.69) is 31.2 Å². The number of halogens is 1. The van der Waals surface area contributed by atoms with Crippen LogP contribution in [0.2, 0.25) is 0 Å². The number of rotatable bonds is 4. The molecule has 12 nitrogen and oxygen atoms in total. The molecule has 0 spiro atoms. The van der Waals surface area contributed by atoms with Crippen molar-refractivity contribution >= 4 is 47.4 Å². The smallest absolute Gasteiger partial charge is 0.273 e. The molecular formula is C29H36ClN7O5S. The third-order valence-electron chi connectivity index (χ3n) is 7.32. The zero-order valence-electron chi connectivity index (χ0n) is 24.0. The molecule has 4 N–H and O–H groups in total. The van der Waals surface area contributed by atoms with Crippen molar-refractivity contribution < 1.29 is 23.6 Å². The lowest BCUT2D eigenvalue weighted by Gasteiger charge is -2.27. The van der Waals surface area contributed by atoms with Gasteiger partial charge in [0.2, 0.25) is 17.7 Å². The monoisotopic (exact) mass is 629 g/mol. The van der Waals surface area contributed by atoms with Crippen LogP contribution in [0.25, 0.3) is 0 Å². The second kappa shape index (κ2) is 14.6. The number of thiazole rings is 1. The zero-order chi connectivity index (χ0) is 29.6. The molecule has 0 radical (unpaired) electrons. The molecule has 1 saturated heterocycles. The lowest BCUT2D eigenvalue weighted by Crippen LogP contribution is -2.50. The third kappa shape index (κ3) is 7.98. The highest BCUT2D eigenvalue weighted by Gasteiger charge is 2.31. The van der Waals surface area contributed by atoms with Crippen molar-refractivity contribution in [2.45, 2.75) is 51.2 Å². The summed E-state index contributed by atoms with van der Waals surface area (Å²) in [5, 5.41) is 14.2. The minimum absolute atomic E-state index is 0. The van der Waals surface area contributed by atoms with Crippen LogP contribution in [0.1, 0.15) is 76.2 Å². The molecule has 4 heterocycles. The molecular weight excluding hydrogens is 594 g/mol. The van der Waals surface area contributed by atoms with Gasteiger partial charge in [-0.25, -0.2) is 9.97 Å². The number of nitrogens with one attached hydrogen (secondary N) is 4. The maximum Gasteiger partial charge on any atom is 0.273 e. The number of benzene rings is 1. The Morgan fingerprint density at radius 1 is 1.07 bits per heavy atom. The van der Waals surface area contributed by atoms with E-state index in [0.29, 0.717) is 17.8 Å². The van der Waals surface area contributed by atoms with Crippen LogP contribution in [0.4, 0.5) is 0 Å². The van der Waals surface area contributed by atoms with Gasteiger partial charge in [-0.05, 0) is 30.9 Å². The molecule has 230 valence electrons. The van der Waals surface area contributed by atoms with Crippen molar-refractivity contribution in [1.29, 1.82) is 0 Å². The molecule has 1 fully saturated rings. The van der Waals surface area contributed by atoms with E-state index in [1.165, 1.54) is 22.5 Å². The molecule has 1 aromatic carbocycles. The van der Waals surface area contributed by atoms with Gasteiger partial charge in [-0.15, -0.1) is 23.7 Å². The molecule has 0 unspecified atom stereocenters. The molecule has 4 amide bonds. The van der Waals surface area contributed by atoms with Crippen molar-refractivity contribution in [2.24, 2.45) is 5.92 Å². The van der Waals surface area contributed by atoms with Gasteiger partial charge in [-0.3, -0.25) is 19.2 Å². The lowest BCUT2D eigenvalue weighted by atomic mass is 10.0. The Balaban J connectivity index is 0.00000423. The van der Waals surface area contributed by atoms with Crippen molar-refractivity contribution in [3.05, 3.63) is 69.8 Å². The van der Waals surface area contributed by atoms with Crippen LogP contribution in [0.15, 0.2) is 46.4 Å². The molecule has 2 aliphatic heterocycles. The van der Waals surface area contributed by atoms with Crippen molar-refractivity contribution in [3.8, 4) is 0 Å². The summed E-state index contributed by atoms with van der Waals surface area (Å²) in [6, 6.07) is 8.06. The minimum atomic E-state index is -0.668. The zero-order valence-corrected chi connectivity index (χ0v) is 25.6. The van der Waals surface area contributed by atoms with Gasteiger partial charge in [0, 0.05) is 24.9 Å². The van der Waals surface area contributed by atoms with E-state index in [9.17, 15) is 19.2 Å². The van der Waals surface area contributed by atoms with Crippen molar-refractivity contribution in [3.63, 3.8) is 0 Å². The SMILES string of the molecule is CC(C)[C@@H]1NC(=O)CN(C(=O)[C@@H]2CCCN2)CCNC(=O)c2coc(n2)[C@H](Cc2ccccc2)NC(=O)c2csc1n2.Cl. The summed E-state index contributed by atoms with van der Waals surface area (Å²) in [6.45, 7) is 4.72. The van der Waals surface area contributed by atoms with Crippen LogP contribution in [-0.2, 0) is 16.0 Å². The Labute approximate surface area is 259 Å². The first-order chi connectivity index (χ1) is 20.3. The Morgan fingerprint density at radius 3 is 2.58 bits per heavy atom. The van der Waals surface area contributed by atoms with Gasteiger partial charge in [0.25, 0.3) is 11.8 Å². The van der Waals surface area contributed by atoms with E-state index in [1.54, 1.807) is 5.38 Å². The molecule has 0 aliphatic carbocycles. The van der Waals surface area contributed by atoms with Crippen LogP contribution in [-0.4, -0.2) is 70.7 Å². The number of carbonyl (C=O) groups is 4. The van der Waals surface area contributed by atoms with Gasteiger partial charge in [0.1, 0.15) is 23.0 Å². The van der Waals surface area contributed by atoms with Crippen LogP contribution in [0.3, 0.4) is 0 Å². The van der Waals surface area contributed by atoms with Crippen LogP contribution in [0.5, 0.6) is 0 Å². The molecule has 4 bridgehead atoms. The normalized spacial score (nSPS) is 21.7. The number of nitrogens with zero attached hydrogens (tertiary/aromatic N) is 3. The lowest BCUT2D eigenvalue weighted by molar-refractivity contribution is -0.137. The largest absolute Gasteiger partial charge is 0.446 e. The first-order valence-electron chi connectivity index (χ1n) is 14.1. The Kier molecular flexibility index (Phi) is 10.9. The van der Waals surface area contributed by atoms with E-state index in [1.807, 2.05) is 44.2 Å². The van der Waals surface area contributed by atoms with E-state index in [4.69, 9.17) is 4.42 Å². The van der Waals surface area contributed by atoms with Gasteiger partial charge in [0.05, 0.1) is 18.6 Å². The molecule has 0 saturated carbocycles. The van der Waals surface area contributed by atoms with Gasteiger partial charge < -0.3 is 30.6 Å². The highest BCUT2D eigenvalue weighted by Crippen LogP contribution is 2.26. The summed E-state index contributed by atoms with van der Waals surface area (Å²) in [7, 11) is 0. The Bertz CT molecular complexity index is 1420. The fraction of sp³-hybridized carbons (Fsp3) is 0.448. The van der Waals surface area contributed by atoms with E-state index in [0.717, 1.165) is 18.5 Å². The third-order valence-corrected chi connectivity index (χ3v) is 8.24. The Morgan fingerprint density at radius 2 is 1.86 bits per heavy atom. The summed E-state index contributed by atoms with van der Waals surface area (Å²) in [5.74, 6) is -1.30. The summed E-state index contributed by atoms with van der Waals surface area (Å²) < 4.78 is 5.68. The number of hydrogen-bond donors (Lipinski definition) is 4. The number of carbonyl (C=O) groups excluding carboxylic acids is 4. The predicted octanol–water partition coefficient (Wildman–Crippen LogP) is 2.40. The van der Waals surface area contributed by atoms with Gasteiger partial charge in [0.15, 0.2) is 5.69 Å². The maximum absolute atomic E-state index is 13.3. The first-order valence-corrected chi connectivity index (χ1v) is 15.0. The number of oxazole rings is 1. The molecule has 3 aromatic rings. The highest BCUT2D eigenvalue weighted by molar-refractivity contribution is 7.09. The second-order valence-electron chi connectivity index (χ2n) is 10.8. The number of aromatic nitrogens is 2. The van der Waals surface area contributed by atoms with E-state index < -0.39 is 23.9 Å². The van der Waals surface area contributed by atoms with Crippen molar-refractivity contribution in [2.75, 3.05) is 26.2 Å². The number of hydrogen-bond acceptors (Lipinski definition) is 9. The predicted molar refractivity (Wildman–Crippen MR) is 162 cm³/mol. The highest BCUT2D eigenvalue weighted by atomic mass is 35.5. The van der Waals surface area contributed by atoms with Crippen LogP contribution in [0, 0.1) is 5.92 Å². The summed E-state index contributed by atoms with van der Waals surface area (Å²) in [6.07, 6.45) is 3.19. The summed E-state index contributed by atoms with van der Waals surface area (Å²) in [4.78, 5) is 63.2. The average Bonchev–Trinajstić information content (AvgIpc) is 3.77. The second-order valence-corrected chi connectivity index (χ2v) is 11.7. The summed E-state index contributed by atoms with van der Waals surface area (Å²) >= 11 is 1.28. The molecule has 2 aromatic heterocycles. The van der Waals surface area contributed by atoms with E-state index >= 15 is 0 Å². The van der Waals surface area contributed by atoms with Gasteiger partial charge in [-0.1, -0.05) is 44.2 Å². The molecule has 43 heavy (non-hydrogen) atoms. The van der Waals surface area contributed by atoms with Crippen LogP contribution >= 0.6 is 23.7 Å². The van der Waals surface area contributed by atoms with Crippen molar-refractivity contribution in [1.82, 2.24) is 36.1 Å². The fourth-order valence-electron chi connectivity index (χ4n) is 5.05. The first kappa shape index (κ1) is 32.1. The Hall–Kier alpha value is -3.81. The quantitative estimate of drug-likeness (QED) is 0.343.